The Hall–Kier alpha value is -2.50. The first kappa shape index (κ1) is 9.71. The Kier molecular flexibility index (Phi) is 2.01. The van der Waals surface area contributed by atoms with Gasteiger partial charge in [0.05, 0.1) is 17.7 Å². The Bertz CT molecular complexity index is 556. The molecule has 17 heavy (non-hydrogen) atoms. The molecule has 3 rings (SSSR count). The van der Waals surface area contributed by atoms with E-state index in [2.05, 4.69) is 15.2 Å². The van der Waals surface area contributed by atoms with E-state index in [1.165, 1.54) is 6.33 Å². The lowest BCUT2D eigenvalue weighted by Crippen LogP contribution is -2.29. The van der Waals surface area contributed by atoms with Crippen molar-refractivity contribution in [3.05, 3.63) is 47.5 Å². The molecule has 0 radical (unpaired) electrons. The number of carbonyl (C=O) groups excluding carboxylic acids is 2. The molecule has 1 aliphatic heterocycles. The van der Waals surface area contributed by atoms with Crippen molar-refractivity contribution < 1.29 is 9.59 Å². The maximum atomic E-state index is 12.0. The third-order valence-corrected chi connectivity index (χ3v) is 2.65. The third-order valence-electron chi connectivity index (χ3n) is 2.65. The summed E-state index contributed by atoms with van der Waals surface area (Å²) >= 11 is 0. The molecular weight excluding hydrogens is 220 g/mol. The normalized spacial score (nSPS) is 14.2. The molecule has 0 atom stereocenters. The predicted molar refractivity (Wildman–Crippen MR) is 57.0 cm³/mol. The standard InChI is InChI=1S/C11H8N4O2/c16-10-7-3-1-2-4-8(7)11(17)15(10)5-9-12-6-13-14-9/h1-4,6H,5H2,(H,12,13,14). The number of H-pyrrole nitrogens is 1. The predicted octanol–water partition coefficient (Wildman–Crippen LogP) is 0.601. The number of hydrogen-bond donors (Lipinski definition) is 1. The van der Waals surface area contributed by atoms with E-state index in [4.69, 9.17) is 0 Å². The molecule has 0 saturated carbocycles. The van der Waals surface area contributed by atoms with Gasteiger partial charge in [-0.05, 0) is 12.1 Å². The molecule has 2 heterocycles. The highest BCUT2D eigenvalue weighted by atomic mass is 16.2. The molecule has 0 bridgehead atoms. The molecule has 0 aliphatic carbocycles. The number of imide groups is 1. The smallest absolute Gasteiger partial charge is 0.261 e. The molecule has 1 aromatic carbocycles. The van der Waals surface area contributed by atoms with Crippen molar-refractivity contribution in [3.63, 3.8) is 0 Å². The van der Waals surface area contributed by atoms with Crippen molar-refractivity contribution in [1.82, 2.24) is 20.1 Å². The van der Waals surface area contributed by atoms with Crippen molar-refractivity contribution in [3.8, 4) is 0 Å². The van der Waals surface area contributed by atoms with Crippen molar-refractivity contribution in [2.24, 2.45) is 0 Å². The third kappa shape index (κ3) is 1.42. The number of nitrogens with zero attached hydrogens (tertiary/aromatic N) is 3. The van der Waals surface area contributed by atoms with Gasteiger partial charge in [0.1, 0.15) is 12.2 Å². The first-order chi connectivity index (χ1) is 8.27. The summed E-state index contributed by atoms with van der Waals surface area (Å²) in [5.41, 5.74) is 0.883. The summed E-state index contributed by atoms with van der Waals surface area (Å²) in [6.45, 7) is 0.117. The zero-order chi connectivity index (χ0) is 11.8. The number of nitrogens with one attached hydrogen (secondary N) is 1. The van der Waals surface area contributed by atoms with Crippen LogP contribution in [0.5, 0.6) is 0 Å². The fourth-order valence-corrected chi connectivity index (χ4v) is 1.84. The minimum atomic E-state index is -0.290. The quantitative estimate of drug-likeness (QED) is 0.763. The Balaban J connectivity index is 1.95. The summed E-state index contributed by atoms with van der Waals surface area (Å²) in [6.07, 6.45) is 1.34. The van der Waals surface area contributed by atoms with E-state index in [9.17, 15) is 9.59 Å². The molecule has 1 N–H and O–H groups in total. The first-order valence-electron chi connectivity index (χ1n) is 5.07. The van der Waals surface area contributed by atoms with Gasteiger partial charge < -0.3 is 0 Å². The van der Waals surface area contributed by atoms with Crippen LogP contribution in [0.25, 0.3) is 0 Å². The molecular formula is C11H8N4O2. The summed E-state index contributed by atoms with van der Waals surface area (Å²) < 4.78 is 0. The first-order valence-corrected chi connectivity index (χ1v) is 5.07. The number of fused-ring (bicyclic) bond motifs is 1. The van der Waals surface area contributed by atoms with Gasteiger partial charge in [-0.3, -0.25) is 19.6 Å². The SMILES string of the molecule is O=C1c2ccccc2C(=O)N1Cc1ncn[nH]1. The Morgan fingerprint density at radius 3 is 2.29 bits per heavy atom. The Morgan fingerprint density at radius 1 is 1.12 bits per heavy atom. The zero-order valence-electron chi connectivity index (χ0n) is 8.75. The summed E-state index contributed by atoms with van der Waals surface area (Å²) in [6, 6.07) is 6.77. The van der Waals surface area contributed by atoms with E-state index < -0.39 is 0 Å². The van der Waals surface area contributed by atoms with Gasteiger partial charge >= 0.3 is 0 Å². The van der Waals surface area contributed by atoms with E-state index in [-0.39, 0.29) is 18.4 Å². The van der Waals surface area contributed by atoms with Gasteiger partial charge in [-0.1, -0.05) is 12.1 Å². The van der Waals surface area contributed by atoms with Crippen molar-refractivity contribution in [1.29, 1.82) is 0 Å². The maximum absolute atomic E-state index is 12.0. The van der Waals surface area contributed by atoms with E-state index in [0.29, 0.717) is 17.0 Å². The van der Waals surface area contributed by atoms with Gasteiger partial charge in [0.2, 0.25) is 0 Å². The molecule has 2 amide bonds. The second-order valence-corrected chi connectivity index (χ2v) is 3.67. The molecule has 2 aromatic rings. The number of aromatic amines is 1. The average molecular weight is 228 g/mol. The summed E-state index contributed by atoms with van der Waals surface area (Å²) in [7, 11) is 0. The molecule has 0 fully saturated rings. The summed E-state index contributed by atoms with van der Waals surface area (Å²) in [5, 5.41) is 6.30. The van der Waals surface area contributed by atoms with Crippen LogP contribution in [0.15, 0.2) is 30.6 Å². The van der Waals surface area contributed by atoms with Crippen molar-refractivity contribution in [2.75, 3.05) is 0 Å². The van der Waals surface area contributed by atoms with Gasteiger partial charge in [-0.2, -0.15) is 5.10 Å². The highest BCUT2D eigenvalue weighted by Gasteiger charge is 2.35. The number of carbonyl (C=O) groups is 2. The molecule has 0 spiro atoms. The Morgan fingerprint density at radius 2 is 1.76 bits per heavy atom. The second-order valence-electron chi connectivity index (χ2n) is 3.67. The molecule has 0 unspecified atom stereocenters. The minimum Gasteiger partial charge on any atom is -0.269 e. The highest BCUT2D eigenvalue weighted by Crippen LogP contribution is 2.23. The van der Waals surface area contributed by atoms with Crippen LogP contribution in [-0.2, 0) is 6.54 Å². The summed E-state index contributed by atoms with van der Waals surface area (Å²) in [4.78, 5) is 29.0. The monoisotopic (exact) mass is 228 g/mol. The van der Waals surface area contributed by atoms with Crippen LogP contribution in [0.2, 0.25) is 0 Å². The zero-order valence-corrected chi connectivity index (χ0v) is 8.75. The van der Waals surface area contributed by atoms with Crippen LogP contribution in [0, 0.1) is 0 Å². The number of amides is 2. The van der Waals surface area contributed by atoms with Crippen LogP contribution in [0.3, 0.4) is 0 Å². The molecule has 84 valence electrons. The minimum absolute atomic E-state index is 0.117. The Labute approximate surface area is 96.3 Å². The lowest BCUT2D eigenvalue weighted by Gasteiger charge is -2.10. The van der Waals surface area contributed by atoms with Crippen molar-refractivity contribution in [2.45, 2.75) is 6.54 Å². The largest absolute Gasteiger partial charge is 0.269 e. The van der Waals surface area contributed by atoms with E-state index in [1.807, 2.05) is 0 Å². The summed E-state index contributed by atoms with van der Waals surface area (Å²) in [5.74, 6) is -0.0940. The van der Waals surface area contributed by atoms with Gasteiger partial charge in [0, 0.05) is 0 Å². The lowest BCUT2D eigenvalue weighted by molar-refractivity contribution is 0.0638. The van der Waals surface area contributed by atoms with E-state index >= 15 is 0 Å². The molecule has 1 aliphatic rings. The molecule has 1 aromatic heterocycles. The van der Waals surface area contributed by atoms with Crippen LogP contribution in [0.1, 0.15) is 26.5 Å². The highest BCUT2D eigenvalue weighted by molar-refractivity contribution is 6.21. The number of aromatic nitrogens is 3. The van der Waals surface area contributed by atoms with Gasteiger partial charge in [0.25, 0.3) is 11.8 Å². The fourth-order valence-electron chi connectivity index (χ4n) is 1.84. The van der Waals surface area contributed by atoms with Gasteiger partial charge in [-0.15, -0.1) is 0 Å². The fraction of sp³-hybridized carbons (Fsp3) is 0.0909. The molecule has 6 nitrogen and oxygen atoms in total. The van der Waals surface area contributed by atoms with Crippen LogP contribution >= 0.6 is 0 Å². The van der Waals surface area contributed by atoms with Crippen LogP contribution in [-0.4, -0.2) is 31.9 Å². The topological polar surface area (TPSA) is 79.0 Å². The van der Waals surface area contributed by atoms with Gasteiger partial charge in [-0.25, -0.2) is 4.98 Å². The van der Waals surface area contributed by atoms with Gasteiger partial charge in [0.15, 0.2) is 0 Å². The molecule has 6 heteroatoms. The number of benzene rings is 1. The van der Waals surface area contributed by atoms with E-state index in [1.54, 1.807) is 24.3 Å². The maximum Gasteiger partial charge on any atom is 0.261 e. The number of rotatable bonds is 2. The average Bonchev–Trinajstić information content (AvgIpc) is 2.94. The molecule has 0 saturated heterocycles. The number of hydrogen-bond acceptors (Lipinski definition) is 4. The van der Waals surface area contributed by atoms with Crippen molar-refractivity contribution >= 4 is 11.8 Å². The van der Waals surface area contributed by atoms with Crippen LogP contribution in [0.4, 0.5) is 0 Å². The van der Waals surface area contributed by atoms with Crippen LogP contribution < -0.4 is 0 Å². The lowest BCUT2D eigenvalue weighted by atomic mass is 10.1. The second kappa shape index (κ2) is 3.51. The van der Waals surface area contributed by atoms with E-state index in [0.717, 1.165) is 4.90 Å².